The van der Waals surface area contributed by atoms with Gasteiger partial charge in [0, 0.05) is 11.6 Å². The van der Waals surface area contributed by atoms with Crippen LogP contribution < -0.4 is 9.47 Å². The lowest BCUT2D eigenvalue weighted by Crippen LogP contribution is -2.15. The smallest absolute Gasteiger partial charge is 0.145 e. The molecular weight excluding hydrogens is 298 g/mol. The van der Waals surface area contributed by atoms with E-state index in [1.165, 1.54) is 5.56 Å². The van der Waals surface area contributed by atoms with Crippen molar-refractivity contribution >= 4 is 10.9 Å². The van der Waals surface area contributed by atoms with E-state index in [1.54, 1.807) is 6.20 Å². The highest BCUT2D eigenvalue weighted by Gasteiger charge is 2.18. The number of rotatable bonds is 5. The largest absolute Gasteiger partial charge is 0.490 e. The number of nitrogens with zero attached hydrogens (tertiary/aromatic N) is 1. The SMILES string of the molecule is CC(C)(C)c1ccccc1OCCOc1cccc2cccnc12. The van der Waals surface area contributed by atoms with Gasteiger partial charge in [-0.15, -0.1) is 0 Å². The molecule has 3 heteroatoms. The molecule has 0 fully saturated rings. The van der Waals surface area contributed by atoms with Gasteiger partial charge < -0.3 is 9.47 Å². The van der Waals surface area contributed by atoms with Crippen molar-refractivity contribution < 1.29 is 9.47 Å². The van der Waals surface area contributed by atoms with Gasteiger partial charge in [-0.3, -0.25) is 4.98 Å². The summed E-state index contributed by atoms with van der Waals surface area (Å²) in [4.78, 5) is 4.40. The average molecular weight is 321 g/mol. The number of aromatic nitrogens is 1. The molecule has 2 aromatic carbocycles. The van der Waals surface area contributed by atoms with Crippen molar-refractivity contribution in [3.63, 3.8) is 0 Å². The Morgan fingerprint density at radius 3 is 2.25 bits per heavy atom. The van der Waals surface area contributed by atoms with E-state index in [2.05, 4.69) is 31.8 Å². The first kappa shape index (κ1) is 16.3. The second-order valence-corrected chi connectivity index (χ2v) is 6.77. The minimum atomic E-state index is 0.0526. The average Bonchev–Trinajstić information content (AvgIpc) is 2.58. The van der Waals surface area contributed by atoms with Gasteiger partial charge in [-0.2, -0.15) is 0 Å². The van der Waals surface area contributed by atoms with Gasteiger partial charge in [-0.05, 0) is 29.2 Å². The van der Waals surface area contributed by atoms with Gasteiger partial charge in [0.1, 0.15) is 30.2 Å². The lowest BCUT2D eigenvalue weighted by Gasteiger charge is -2.22. The predicted octanol–water partition coefficient (Wildman–Crippen LogP) is 4.99. The molecule has 0 amide bonds. The molecule has 0 aliphatic rings. The fourth-order valence-corrected chi connectivity index (χ4v) is 2.71. The van der Waals surface area contributed by atoms with E-state index < -0.39 is 0 Å². The Kier molecular flexibility index (Phi) is 4.70. The Morgan fingerprint density at radius 2 is 1.46 bits per heavy atom. The van der Waals surface area contributed by atoms with Crippen LogP contribution in [0.5, 0.6) is 11.5 Å². The van der Waals surface area contributed by atoms with Crippen molar-refractivity contribution in [1.82, 2.24) is 4.98 Å². The summed E-state index contributed by atoms with van der Waals surface area (Å²) in [6.07, 6.45) is 1.78. The zero-order chi connectivity index (χ0) is 17.0. The summed E-state index contributed by atoms with van der Waals surface area (Å²) in [7, 11) is 0. The first-order valence-corrected chi connectivity index (χ1v) is 8.24. The lowest BCUT2D eigenvalue weighted by molar-refractivity contribution is 0.215. The lowest BCUT2D eigenvalue weighted by atomic mass is 9.86. The zero-order valence-corrected chi connectivity index (χ0v) is 14.5. The normalized spacial score (nSPS) is 11.5. The van der Waals surface area contributed by atoms with Crippen LogP contribution in [0.4, 0.5) is 0 Å². The third kappa shape index (κ3) is 3.67. The van der Waals surface area contributed by atoms with Crippen molar-refractivity contribution in [2.75, 3.05) is 13.2 Å². The third-order valence-corrected chi connectivity index (χ3v) is 3.89. The van der Waals surface area contributed by atoms with Gasteiger partial charge in [0.15, 0.2) is 0 Å². The molecule has 3 nitrogen and oxygen atoms in total. The molecular formula is C21H23NO2. The van der Waals surface area contributed by atoms with E-state index in [4.69, 9.17) is 9.47 Å². The standard InChI is InChI=1S/C21H23NO2/c1-21(2,3)17-10-4-5-11-18(17)23-14-15-24-19-12-6-8-16-9-7-13-22-20(16)19/h4-13H,14-15H2,1-3H3. The number of pyridine rings is 1. The predicted molar refractivity (Wildman–Crippen MR) is 97.9 cm³/mol. The molecule has 0 bridgehead atoms. The van der Waals surface area contributed by atoms with Gasteiger partial charge in [-0.1, -0.05) is 57.2 Å². The molecule has 3 aromatic rings. The van der Waals surface area contributed by atoms with Crippen LogP contribution in [-0.4, -0.2) is 18.2 Å². The number of fused-ring (bicyclic) bond motifs is 1. The van der Waals surface area contributed by atoms with Gasteiger partial charge in [0.25, 0.3) is 0 Å². The minimum absolute atomic E-state index is 0.0526. The molecule has 0 saturated carbocycles. The van der Waals surface area contributed by atoms with Gasteiger partial charge in [0.05, 0.1) is 0 Å². The van der Waals surface area contributed by atoms with Crippen molar-refractivity contribution in [3.05, 3.63) is 66.4 Å². The van der Waals surface area contributed by atoms with Gasteiger partial charge in [0.2, 0.25) is 0 Å². The second-order valence-electron chi connectivity index (χ2n) is 6.77. The van der Waals surface area contributed by atoms with Crippen molar-refractivity contribution in [1.29, 1.82) is 0 Å². The van der Waals surface area contributed by atoms with E-state index >= 15 is 0 Å². The van der Waals surface area contributed by atoms with Crippen LogP contribution in [-0.2, 0) is 5.41 Å². The maximum atomic E-state index is 5.95. The van der Waals surface area contributed by atoms with Crippen LogP contribution in [0.25, 0.3) is 10.9 Å². The summed E-state index contributed by atoms with van der Waals surface area (Å²) in [5.41, 5.74) is 2.14. The third-order valence-electron chi connectivity index (χ3n) is 3.89. The van der Waals surface area contributed by atoms with Gasteiger partial charge in [-0.25, -0.2) is 0 Å². The molecule has 0 aliphatic carbocycles. The fraction of sp³-hybridized carbons (Fsp3) is 0.286. The molecule has 1 aromatic heterocycles. The molecule has 0 N–H and O–H groups in total. The number of benzene rings is 2. The van der Waals surface area contributed by atoms with Crippen LogP contribution >= 0.6 is 0 Å². The first-order chi connectivity index (χ1) is 11.6. The van der Waals surface area contributed by atoms with Crippen molar-refractivity contribution in [3.8, 4) is 11.5 Å². The Hall–Kier alpha value is -2.55. The van der Waals surface area contributed by atoms with Crippen LogP contribution in [0.2, 0.25) is 0 Å². The summed E-state index contributed by atoms with van der Waals surface area (Å²) in [5.74, 6) is 1.71. The van der Waals surface area contributed by atoms with E-state index in [-0.39, 0.29) is 5.41 Å². The quantitative estimate of drug-likeness (QED) is 0.620. The fourth-order valence-electron chi connectivity index (χ4n) is 2.71. The van der Waals surface area contributed by atoms with Crippen LogP contribution in [0.3, 0.4) is 0 Å². The first-order valence-electron chi connectivity index (χ1n) is 8.24. The molecule has 124 valence electrons. The van der Waals surface area contributed by atoms with Crippen LogP contribution in [0, 0.1) is 0 Å². The maximum absolute atomic E-state index is 5.95. The molecule has 1 heterocycles. The summed E-state index contributed by atoms with van der Waals surface area (Å²) >= 11 is 0. The van der Waals surface area contributed by atoms with E-state index in [1.807, 2.05) is 48.5 Å². The Labute approximate surface area is 143 Å². The van der Waals surface area contributed by atoms with Crippen LogP contribution in [0.1, 0.15) is 26.3 Å². The maximum Gasteiger partial charge on any atom is 0.145 e. The summed E-state index contributed by atoms with van der Waals surface area (Å²) < 4.78 is 11.8. The highest BCUT2D eigenvalue weighted by molar-refractivity contribution is 5.84. The Bertz CT molecular complexity index is 816. The van der Waals surface area contributed by atoms with E-state index in [0.29, 0.717) is 13.2 Å². The second kappa shape index (κ2) is 6.91. The molecule has 0 radical (unpaired) electrons. The topological polar surface area (TPSA) is 31.4 Å². The highest BCUT2D eigenvalue weighted by atomic mass is 16.5. The zero-order valence-electron chi connectivity index (χ0n) is 14.5. The highest BCUT2D eigenvalue weighted by Crippen LogP contribution is 2.31. The van der Waals surface area contributed by atoms with Crippen molar-refractivity contribution in [2.24, 2.45) is 0 Å². The summed E-state index contributed by atoms with van der Waals surface area (Å²) in [6, 6.07) is 18.1. The molecule has 0 atom stereocenters. The Balaban J connectivity index is 1.64. The number of para-hydroxylation sites is 2. The molecule has 0 aliphatic heterocycles. The monoisotopic (exact) mass is 321 g/mol. The molecule has 24 heavy (non-hydrogen) atoms. The van der Waals surface area contributed by atoms with Crippen molar-refractivity contribution in [2.45, 2.75) is 26.2 Å². The van der Waals surface area contributed by atoms with E-state index in [0.717, 1.165) is 22.4 Å². The summed E-state index contributed by atoms with van der Waals surface area (Å²) in [5, 5.41) is 1.08. The molecule has 3 rings (SSSR count). The Morgan fingerprint density at radius 1 is 0.792 bits per heavy atom. The summed E-state index contributed by atoms with van der Waals surface area (Å²) in [6.45, 7) is 7.54. The van der Waals surface area contributed by atoms with Crippen LogP contribution in [0.15, 0.2) is 60.8 Å². The number of ether oxygens (including phenoxy) is 2. The molecule has 0 unspecified atom stereocenters. The molecule has 0 saturated heterocycles. The minimum Gasteiger partial charge on any atom is -0.490 e. The molecule has 0 spiro atoms. The van der Waals surface area contributed by atoms with Gasteiger partial charge >= 0.3 is 0 Å². The van der Waals surface area contributed by atoms with E-state index in [9.17, 15) is 0 Å². The number of hydrogen-bond donors (Lipinski definition) is 0. The number of hydrogen-bond acceptors (Lipinski definition) is 3.